The number of nitrogens with one attached hydrogen (secondary N) is 1. The molecule has 0 atom stereocenters. The number of hydrogen-bond donors (Lipinski definition) is 1. The van der Waals surface area contributed by atoms with E-state index in [1.807, 2.05) is 41.9 Å². The number of hydrogen-bond acceptors (Lipinski definition) is 4. The van der Waals surface area contributed by atoms with Gasteiger partial charge in [-0.2, -0.15) is 0 Å². The molecule has 8 heteroatoms. The lowest BCUT2D eigenvalue weighted by molar-refractivity contribution is 0.417. The fraction of sp³-hybridized carbons (Fsp3) is 0.0952. The minimum absolute atomic E-state index is 0.163. The molecule has 0 radical (unpaired) electrons. The molecule has 29 heavy (non-hydrogen) atoms. The maximum Gasteiger partial charge on any atom is 0.262 e. The molecule has 6 nitrogen and oxygen atoms in total. The highest BCUT2D eigenvalue weighted by Crippen LogP contribution is 2.32. The third-order valence-corrected chi connectivity index (χ3v) is 6.45. The maximum absolute atomic E-state index is 12.8. The molecule has 0 unspecified atom stereocenters. The van der Waals surface area contributed by atoms with Gasteiger partial charge >= 0.3 is 0 Å². The van der Waals surface area contributed by atoms with Crippen LogP contribution in [0.25, 0.3) is 16.9 Å². The van der Waals surface area contributed by atoms with Gasteiger partial charge < -0.3 is 9.14 Å². The van der Waals surface area contributed by atoms with Crippen LogP contribution in [-0.2, 0) is 10.0 Å². The topological polar surface area (TPSA) is 72.7 Å². The van der Waals surface area contributed by atoms with Crippen molar-refractivity contribution >= 4 is 37.3 Å². The summed E-state index contributed by atoms with van der Waals surface area (Å²) in [6.45, 7) is 2.00. The van der Waals surface area contributed by atoms with Crippen molar-refractivity contribution in [3.05, 3.63) is 77.0 Å². The number of aromatic nitrogens is 2. The molecule has 2 heterocycles. The smallest absolute Gasteiger partial charge is 0.262 e. The first-order chi connectivity index (χ1) is 13.9. The molecule has 4 aromatic rings. The number of sulfonamides is 1. The van der Waals surface area contributed by atoms with Crippen LogP contribution >= 0.6 is 15.9 Å². The number of pyridine rings is 1. The van der Waals surface area contributed by atoms with Crippen molar-refractivity contribution in [1.82, 2.24) is 9.38 Å². The molecule has 4 rings (SSSR count). The average molecular weight is 472 g/mol. The summed E-state index contributed by atoms with van der Waals surface area (Å²) in [5, 5.41) is 0. The minimum atomic E-state index is -3.77. The second kappa shape index (κ2) is 7.53. The summed E-state index contributed by atoms with van der Waals surface area (Å²) in [7, 11) is -2.27. The van der Waals surface area contributed by atoms with Gasteiger partial charge in [-0.25, -0.2) is 13.4 Å². The second-order valence-electron chi connectivity index (χ2n) is 6.52. The van der Waals surface area contributed by atoms with E-state index >= 15 is 0 Å². The van der Waals surface area contributed by atoms with E-state index in [-0.39, 0.29) is 4.90 Å². The number of fused-ring (bicyclic) bond motifs is 1. The van der Waals surface area contributed by atoms with Crippen molar-refractivity contribution in [1.29, 1.82) is 0 Å². The molecule has 0 bridgehead atoms. The Bertz CT molecular complexity index is 1300. The number of nitrogens with zero attached hydrogens (tertiary/aromatic N) is 2. The van der Waals surface area contributed by atoms with Gasteiger partial charge in [0.25, 0.3) is 10.0 Å². The van der Waals surface area contributed by atoms with E-state index < -0.39 is 10.0 Å². The number of ether oxygens (including phenoxy) is 1. The zero-order valence-electron chi connectivity index (χ0n) is 15.8. The summed E-state index contributed by atoms with van der Waals surface area (Å²) in [5.74, 6) is 0.425. The number of aryl methyl sites for hydroxylation is 1. The molecule has 0 aliphatic rings. The summed E-state index contributed by atoms with van der Waals surface area (Å²) in [6, 6.07) is 15.7. The van der Waals surface area contributed by atoms with Crippen LogP contribution in [0.1, 0.15) is 5.56 Å². The van der Waals surface area contributed by atoms with Crippen molar-refractivity contribution in [2.75, 3.05) is 11.8 Å². The largest absolute Gasteiger partial charge is 0.495 e. The lowest BCUT2D eigenvalue weighted by atomic mass is 10.1. The Labute approximate surface area is 177 Å². The molecular weight excluding hydrogens is 454 g/mol. The molecule has 2 aromatic carbocycles. The van der Waals surface area contributed by atoms with E-state index in [0.29, 0.717) is 11.4 Å². The molecule has 0 spiro atoms. The molecule has 0 aliphatic heterocycles. The standard InChI is InChI=1S/C21H18BrN3O3S/c1-14-4-3-11-25-13-19(23-21(14)25)15-5-10-20(28-2)18(12-15)24-29(26,27)17-8-6-16(22)7-9-17/h3-13,24H,1-2H3. The zero-order valence-corrected chi connectivity index (χ0v) is 18.2. The average Bonchev–Trinajstić information content (AvgIpc) is 3.14. The third kappa shape index (κ3) is 3.86. The van der Waals surface area contributed by atoms with Crippen LogP contribution in [0.15, 0.2) is 76.4 Å². The maximum atomic E-state index is 12.8. The molecule has 0 fully saturated rings. The van der Waals surface area contributed by atoms with E-state index in [0.717, 1.165) is 26.9 Å². The minimum Gasteiger partial charge on any atom is -0.495 e. The van der Waals surface area contributed by atoms with Crippen LogP contribution in [0, 0.1) is 6.92 Å². The SMILES string of the molecule is COc1ccc(-c2cn3cccc(C)c3n2)cc1NS(=O)(=O)c1ccc(Br)cc1. The van der Waals surface area contributed by atoms with Gasteiger partial charge in [0.15, 0.2) is 0 Å². The number of halogens is 1. The van der Waals surface area contributed by atoms with Crippen LogP contribution in [0.5, 0.6) is 5.75 Å². The number of imidazole rings is 1. The first-order valence-corrected chi connectivity index (χ1v) is 11.1. The first kappa shape index (κ1) is 19.5. The Morgan fingerprint density at radius 3 is 2.55 bits per heavy atom. The zero-order chi connectivity index (χ0) is 20.6. The van der Waals surface area contributed by atoms with Crippen LogP contribution in [0.2, 0.25) is 0 Å². The molecule has 0 saturated heterocycles. The van der Waals surface area contributed by atoms with Gasteiger partial charge in [0.1, 0.15) is 11.4 Å². The quantitative estimate of drug-likeness (QED) is 0.450. The lowest BCUT2D eigenvalue weighted by Crippen LogP contribution is -2.13. The third-order valence-electron chi connectivity index (χ3n) is 4.54. The molecule has 2 aromatic heterocycles. The fourth-order valence-electron chi connectivity index (χ4n) is 3.06. The van der Waals surface area contributed by atoms with Crippen LogP contribution in [-0.4, -0.2) is 24.9 Å². The van der Waals surface area contributed by atoms with E-state index in [1.165, 1.54) is 19.2 Å². The van der Waals surface area contributed by atoms with Crippen molar-refractivity contribution in [2.45, 2.75) is 11.8 Å². The summed E-state index contributed by atoms with van der Waals surface area (Å²) in [5.41, 5.74) is 3.79. The van der Waals surface area contributed by atoms with Crippen molar-refractivity contribution in [2.24, 2.45) is 0 Å². The van der Waals surface area contributed by atoms with E-state index in [1.54, 1.807) is 24.3 Å². The van der Waals surface area contributed by atoms with Gasteiger partial charge in [-0.05, 0) is 61.0 Å². The predicted molar refractivity (Wildman–Crippen MR) is 117 cm³/mol. The Hall–Kier alpha value is -2.84. The molecule has 148 valence electrons. The van der Waals surface area contributed by atoms with E-state index in [9.17, 15) is 8.42 Å². The number of benzene rings is 2. The molecule has 1 N–H and O–H groups in total. The van der Waals surface area contributed by atoms with Crippen LogP contribution < -0.4 is 9.46 Å². The van der Waals surface area contributed by atoms with Gasteiger partial charge in [-0.1, -0.05) is 22.0 Å². The monoisotopic (exact) mass is 471 g/mol. The Balaban J connectivity index is 1.75. The second-order valence-corrected chi connectivity index (χ2v) is 9.12. The van der Waals surface area contributed by atoms with Crippen LogP contribution in [0.4, 0.5) is 5.69 Å². The normalized spacial score (nSPS) is 11.6. The Morgan fingerprint density at radius 2 is 1.86 bits per heavy atom. The highest BCUT2D eigenvalue weighted by molar-refractivity contribution is 9.10. The number of rotatable bonds is 5. The van der Waals surface area contributed by atoms with Gasteiger partial charge in [-0.3, -0.25) is 4.72 Å². The van der Waals surface area contributed by atoms with Crippen LogP contribution in [0.3, 0.4) is 0 Å². The van der Waals surface area contributed by atoms with Gasteiger partial charge in [0, 0.05) is 22.4 Å². The molecule has 0 saturated carbocycles. The molecular formula is C21H18BrN3O3S. The highest BCUT2D eigenvalue weighted by atomic mass is 79.9. The van der Waals surface area contributed by atoms with Gasteiger partial charge in [0.05, 0.1) is 23.4 Å². The van der Waals surface area contributed by atoms with Gasteiger partial charge in [-0.15, -0.1) is 0 Å². The number of anilines is 1. The summed E-state index contributed by atoms with van der Waals surface area (Å²) in [6.07, 6.45) is 3.84. The van der Waals surface area contributed by atoms with Crippen molar-refractivity contribution in [3.8, 4) is 17.0 Å². The number of methoxy groups -OCH3 is 1. The molecule has 0 amide bonds. The van der Waals surface area contributed by atoms with E-state index in [2.05, 4.69) is 25.6 Å². The summed E-state index contributed by atoms with van der Waals surface area (Å²) in [4.78, 5) is 4.85. The lowest BCUT2D eigenvalue weighted by Gasteiger charge is -2.13. The molecule has 0 aliphatic carbocycles. The summed E-state index contributed by atoms with van der Waals surface area (Å²) < 4.78 is 36.4. The first-order valence-electron chi connectivity index (χ1n) is 8.78. The Kier molecular flexibility index (Phi) is 5.06. The van der Waals surface area contributed by atoms with Gasteiger partial charge in [0.2, 0.25) is 0 Å². The fourth-order valence-corrected chi connectivity index (χ4v) is 4.38. The van der Waals surface area contributed by atoms with E-state index in [4.69, 9.17) is 4.74 Å². The summed E-state index contributed by atoms with van der Waals surface area (Å²) >= 11 is 3.31. The predicted octanol–water partition coefficient (Wildman–Crippen LogP) is 4.88. The Morgan fingerprint density at radius 1 is 1.10 bits per heavy atom. The highest BCUT2D eigenvalue weighted by Gasteiger charge is 2.18. The van der Waals surface area contributed by atoms with Crippen molar-refractivity contribution < 1.29 is 13.2 Å². The van der Waals surface area contributed by atoms with Crippen molar-refractivity contribution in [3.63, 3.8) is 0 Å².